The van der Waals surface area contributed by atoms with Crippen molar-refractivity contribution < 1.29 is 9.57 Å². The number of amidine groups is 2. The number of allylic oxidation sites excluding steroid dienone is 1. The molecule has 3 heterocycles. The fourth-order valence-corrected chi connectivity index (χ4v) is 3.41. The molecule has 4 atom stereocenters. The van der Waals surface area contributed by atoms with Gasteiger partial charge in [0.25, 0.3) is 0 Å². The van der Waals surface area contributed by atoms with Crippen molar-refractivity contribution in [2.45, 2.75) is 51.8 Å². The van der Waals surface area contributed by atoms with Crippen molar-refractivity contribution in [2.24, 2.45) is 9.98 Å². The van der Waals surface area contributed by atoms with Crippen LogP contribution in [0.15, 0.2) is 45.9 Å². The Kier molecular flexibility index (Phi) is 4.88. The SMILES string of the molecule is CC(C)=CCC1C(C)N=C(CNc2ccc(C3=NC4OC4ON3)cc2)N1C. The number of fused-ring (bicyclic) bond motifs is 1. The predicted octanol–water partition coefficient (Wildman–Crippen LogP) is 2.52. The first-order chi connectivity index (χ1) is 13.0. The first-order valence-electron chi connectivity index (χ1n) is 9.43. The minimum absolute atomic E-state index is 0.156. The molecule has 4 rings (SSSR count). The van der Waals surface area contributed by atoms with Gasteiger partial charge in [0.2, 0.25) is 12.5 Å². The number of likely N-dealkylation sites (N-methyl/N-ethyl adjacent to an activating group) is 1. The number of rotatable bonds is 6. The van der Waals surface area contributed by atoms with Crippen LogP contribution in [-0.4, -0.2) is 54.8 Å². The number of nitrogens with one attached hydrogen (secondary N) is 2. The Morgan fingerprint density at radius 3 is 2.74 bits per heavy atom. The van der Waals surface area contributed by atoms with Crippen LogP contribution in [0.5, 0.6) is 0 Å². The molecule has 144 valence electrons. The van der Waals surface area contributed by atoms with E-state index in [4.69, 9.17) is 14.6 Å². The number of hydrogen-bond acceptors (Lipinski definition) is 7. The second-order valence-corrected chi connectivity index (χ2v) is 7.50. The van der Waals surface area contributed by atoms with E-state index in [-0.39, 0.29) is 12.5 Å². The second kappa shape index (κ2) is 7.32. The summed E-state index contributed by atoms with van der Waals surface area (Å²) in [6, 6.07) is 8.86. The van der Waals surface area contributed by atoms with Gasteiger partial charge < -0.3 is 15.0 Å². The summed E-state index contributed by atoms with van der Waals surface area (Å²) in [5.41, 5.74) is 6.21. The molecular weight excluding hydrogens is 342 g/mol. The van der Waals surface area contributed by atoms with Crippen molar-refractivity contribution in [1.29, 1.82) is 0 Å². The molecule has 1 aromatic carbocycles. The molecule has 3 aliphatic heterocycles. The highest BCUT2D eigenvalue weighted by Gasteiger charge is 2.44. The summed E-state index contributed by atoms with van der Waals surface area (Å²) in [7, 11) is 2.14. The zero-order chi connectivity index (χ0) is 19.0. The molecule has 1 saturated heterocycles. The second-order valence-electron chi connectivity index (χ2n) is 7.50. The van der Waals surface area contributed by atoms with Crippen LogP contribution in [0.2, 0.25) is 0 Å². The van der Waals surface area contributed by atoms with Gasteiger partial charge in [-0.25, -0.2) is 15.3 Å². The van der Waals surface area contributed by atoms with E-state index in [1.54, 1.807) is 0 Å². The summed E-state index contributed by atoms with van der Waals surface area (Å²) in [6.07, 6.45) is 2.95. The lowest BCUT2D eigenvalue weighted by molar-refractivity contribution is 0.00901. The number of benzene rings is 1. The molecular formula is C20H27N5O2. The van der Waals surface area contributed by atoms with Crippen LogP contribution in [0.3, 0.4) is 0 Å². The molecule has 0 bridgehead atoms. The Morgan fingerprint density at radius 1 is 1.26 bits per heavy atom. The largest absolute Gasteiger partial charge is 0.378 e. The summed E-state index contributed by atoms with van der Waals surface area (Å²) >= 11 is 0. The van der Waals surface area contributed by atoms with Crippen molar-refractivity contribution in [3.63, 3.8) is 0 Å². The molecule has 0 spiro atoms. The van der Waals surface area contributed by atoms with Gasteiger partial charge in [0, 0.05) is 18.3 Å². The quantitative estimate of drug-likeness (QED) is 0.595. The molecule has 0 aliphatic carbocycles. The lowest BCUT2D eigenvalue weighted by atomic mass is 10.1. The fourth-order valence-electron chi connectivity index (χ4n) is 3.41. The lowest BCUT2D eigenvalue weighted by Crippen LogP contribution is -2.37. The lowest BCUT2D eigenvalue weighted by Gasteiger charge is -2.25. The van der Waals surface area contributed by atoms with E-state index in [2.05, 4.69) is 54.6 Å². The Bertz CT molecular complexity index is 782. The van der Waals surface area contributed by atoms with Crippen LogP contribution in [0.4, 0.5) is 5.69 Å². The van der Waals surface area contributed by atoms with Crippen molar-refractivity contribution in [1.82, 2.24) is 10.4 Å². The maximum atomic E-state index is 5.29. The molecule has 1 fully saturated rings. The van der Waals surface area contributed by atoms with Gasteiger partial charge in [-0.15, -0.1) is 0 Å². The molecule has 0 saturated carbocycles. The van der Waals surface area contributed by atoms with Gasteiger partial charge in [-0.3, -0.25) is 4.99 Å². The number of anilines is 1. The van der Waals surface area contributed by atoms with E-state index in [9.17, 15) is 0 Å². The zero-order valence-corrected chi connectivity index (χ0v) is 16.3. The number of aliphatic imine (C=N–C) groups is 2. The summed E-state index contributed by atoms with van der Waals surface area (Å²) < 4.78 is 5.20. The predicted molar refractivity (Wildman–Crippen MR) is 107 cm³/mol. The average Bonchev–Trinajstić information content (AvgIpc) is 3.38. The van der Waals surface area contributed by atoms with Crippen molar-refractivity contribution in [2.75, 3.05) is 18.9 Å². The molecule has 0 radical (unpaired) electrons. The number of nitrogens with zero attached hydrogens (tertiary/aromatic N) is 3. The summed E-state index contributed by atoms with van der Waals surface area (Å²) in [4.78, 5) is 16.9. The minimum atomic E-state index is -0.221. The van der Waals surface area contributed by atoms with Crippen molar-refractivity contribution in [3.8, 4) is 0 Å². The van der Waals surface area contributed by atoms with Gasteiger partial charge in [0.05, 0.1) is 18.6 Å². The number of ether oxygens (including phenoxy) is 1. The third-order valence-corrected chi connectivity index (χ3v) is 5.15. The number of epoxide rings is 1. The average molecular weight is 369 g/mol. The van der Waals surface area contributed by atoms with Gasteiger partial charge in [-0.2, -0.15) is 0 Å². The first kappa shape index (κ1) is 18.0. The van der Waals surface area contributed by atoms with Gasteiger partial charge >= 0.3 is 0 Å². The topological polar surface area (TPSA) is 73.8 Å². The van der Waals surface area contributed by atoms with E-state index in [1.165, 1.54) is 5.57 Å². The summed E-state index contributed by atoms with van der Waals surface area (Å²) in [6.45, 7) is 7.19. The van der Waals surface area contributed by atoms with Crippen molar-refractivity contribution >= 4 is 17.4 Å². The van der Waals surface area contributed by atoms with E-state index < -0.39 is 0 Å². The first-order valence-corrected chi connectivity index (χ1v) is 9.43. The molecule has 0 amide bonds. The summed E-state index contributed by atoms with van der Waals surface area (Å²) in [5, 5.41) is 3.47. The monoisotopic (exact) mass is 369 g/mol. The summed E-state index contributed by atoms with van der Waals surface area (Å²) in [5.74, 6) is 1.80. The maximum Gasteiger partial charge on any atom is 0.233 e. The fraction of sp³-hybridized carbons (Fsp3) is 0.500. The molecule has 3 aliphatic rings. The van der Waals surface area contributed by atoms with Gasteiger partial charge in [-0.1, -0.05) is 11.6 Å². The van der Waals surface area contributed by atoms with Gasteiger partial charge in [0.1, 0.15) is 5.84 Å². The van der Waals surface area contributed by atoms with Crippen LogP contribution < -0.4 is 10.8 Å². The smallest absolute Gasteiger partial charge is 0.233 e. The molecule has 2 N–H and O–H groups in total. The van der Waals surface area contributed by atoms with Crippen LogP contribution in [0.1, 0.15) is 32.8 Å². The zero-order valence-electron chi connectivity index (χ0n) is 16.3. The maximum absolute atomic E-state index is 5.29. The molecule has 1 aromatic rings. The van der Waals surface area contributed by atoms with Crippen LogP contribution >= 0.6 is 0 Å². The highest BCUT2D eigenvalue weighted by molar-refractivity contribution is 5.99. The van der Waals surface area contributed by atoms with Crippen LogP contribution in [0.25, 0.3) is 0 Å². The molecule has 27 heavy (non-hydrogen) atoms. The van der Waals surface area contributed by atoms with E-state index in [0.29, 0.717) is 24.5 Å². The highest BCUT2D eigenvalue weighted by atomic mass is 16.8. The van der Waals surface area contributed by atoms with E-state index in [0.717, 1.165) is 23.5 Å². The third kappa shape index (κ3) is 3.99. The Balaban J connectivity index is 1.33. The molecule has 7 heteroatoms. The van der Waals surface area contributed by atoms with Gasteiger partial charge in [-0.05, 0) is 51.5 Å². The van der Waals surface area contributed by atoms with Crippen LogP contribution in [-0.2, 0) is 9.57 Å². The van der Waals surface area contributed by atoms with Gasteiger partial charge in [0.15, 0.2) is 5.84 Å². The molecule has 7 nitrogen and oxygen atoms in total. The van der Waals surface area contributed by atoms with E-state index in [1.807, 2.05) is 24.3 Å². The Hall–Kier alpha value is -2.38. The Morgan fingerprint density at radius 2 is 2.04 bits per heavy atom. The third-order valence-electron chi connectivity index (χ3n) is 5.15. The number of hydrogen-bond donors (Lipinski definition) is 2. The number of hydroxylamine groups is 1. The van der Waals surface area contributed by atoms with E-state index >= 15 is 0 Å². The molecule has 4 unspecified atom stereocenters. The molecule has 0 aromatic heterocycles. The minimum Gasteiger partial charge on any atom is -0.378 e. The standard InChI is InChI=1S/C20H27N5O2/c1-12(2)5-10-16-13(3)22-17(25(16)4)11-21-15-8-6-14(7-9-15)18-23-19-20(26-19)27-24-18/h5-9,13,16,19-21H,10-11H2,1-4H3,(H,23,24). The van der Waals surface area contributed by atoms with Crippen LogP contribution in [0, 0.1) is 0 Å². The van der Waals surface area contributed by atoms with Crippen molar-refractivity contribution in [3.05, 3.63) is 41.5 Å². The Labute approximate surface area is 160 Å². The highest BCUT2D eigenvalue weighted by Crippen LogP contribution is 2.27. The normalized spacial score (nSPS) is 28.7.